The zero-order chi connectivity index (χ0) is 10.4. The molecule has 0 radical (unpaired) electrons. The van der Waals surface area contributed by atoms with E-state index in [4.69, 9.17) is 6.42 Å². The van der Waals surface area contributed by atoms with Gasteiger partial charge in [0.15, 0.2) is 0 Å². The first-order chi connectivity index (χ1) is 6.81. The zero-order valence-corrected chi connectivity index (χ0v) is 8.70. The summed E-state index contributed by atoms with van der Waals surface area (Å²) in [6.07, 6.45) is 7.83. The van der Waals surface area contributed by atoms with Crippen LogP contribution in [0.1, 0.15) is 26.1 Å². The highest BCUT2D eigenvalue weighted by Crippen LogP contribution is 1.95. The number of nitrogens with one attached hydrogen (secondary N) is 1. The van der Waals surface area contributed by atoms with Crippen LogP contribution in [0.3, 0.4) is 0 Å². The van der Waals surface area contributed by atoms with Crippen molar-refractivity contribution in [1.82, 2.24) is 20.1 Å². The molecule has 14 heavy (non-hydrogen) atoms. The van der Waals surface area contributed by atoms with Crippen molar-refractivity contribution in [2.75, 3.05) is 0 Å². The fourth-order valence-electron chi connectivity index (χ4n) is 1.22. The number of hydrogen-bond acceptors (Lipinski definition) is 3. The number of terminal acetylenes is 1. The molecular formula is C10H16N4. The molecule has 0 saturated heterocycles. The van der Waals surface area contributed by atoms with Crippen molar-refractivity contribution in [3.8, 4) is 12.3 Å². The summed E-state index contributed by atoms with van der Waals surface area (Å²) < 4.78 is 1.86. The summed E-state index contributed by atoms with van der Waals surface area (Å²) in [5, 5.41) is 7.31. The molecule has 0 aromatic carbocycles. The van der Waals surface area contributed by atoms with Gasteiger partial charge in [-0.2, -0.15) is 5.10 Å². The largest absolute Gasteiger partial charge is 0.297 e. The molecule has 0 aliphatic heterocycles. The molecule has 1 rings (SSSR count). The first-order valence-corrected chi connectivity index (χ1v) is 4.88. The molecule has 1 N–H and O–H groups in total. The van der Waals surface area contributed by atoms with Crippen LogP contribution in [0, 0.1) is 12.3 Å². The first kappa shape index (κ1) is 10.7. The van der Waals surface area contributed by atoms with E-state index in [0.717, 1.165) is 18.8 Å². The van der Waals surface area contributed by atoms with Crippen molar-refractivity contribution in [3.05, 3.63) is 12.2 Å². The van der Waals surface area contributed by atoms with Gasteiger partial charge in [-0.05, 0) is 13.3 Å². The molecule has 76 valence electrons. The Balaban J connectivity index is 2.49. The topological polar surface area (TPSA) is 42.7 Å². The van der Waals surface area contributed by atoms with Crippen LogP contribution in [0.5, 0.6) is 0 Å². The summed E-state index contributed by atoms with van der Waals surface area (Å²) in [5.41, 5.74) is 0. The summed E-state index contributed by atoms with van der Waals surface area (Å²) >= 11 is 0. The minimum atomic E-state index is 0.122. The van der Waals surface area contributed by atoms with Crippen molar-refractivity contribution in [3.63, 3.8) is 0 Å². The summed E-state index contributed by atoms with van der Waals surface area (Å²) in [6, 6.07) is 0.122. The van der Waals surface area contributed by atoms with E-state index in [0.29, 0.717) is 6.54 Å². The second-order valence-electron chi connectivity index (χ2n) is 3.00. The molecule has 4 nitrogen and oxygen atoms in total. The predicted octanol–water partition coefficient (Wildman–Crippen LogP) is 0.799. The Kier molecular flexibility index (Phi) is 4.14. The van der Waals surface area contributed by atoms with Gasteiger partial charge in [0.25, 0.3) is 0 Å². The van der Waals surface area contributed by atoms with Gasteiger partial charge in [0.05, 0.1) is 12.6 Å². The molecule has 1 aromatic heterocycles. The molecule has 0 bridgehead atoms. The molecule has 1 atom stereocenters. The van der Waals surface area contributed by atoms with E-state index in [1.165, 1.54) is 0 Å². The standard InChI is InChI=1S/C10H16N4/c1-4-9(5-2)11-7-10-12-8-13-14(10)6-3/h1,8-9,11H,5-7H2,2-3H3. The van der Waals surface area contributed by atoms with Gasteiger partial charge in [-0.1, -0.05) is 12.8 Å². The van der Waals surface area contributed by atoms with Crippen molar-refractivity contribution in [1.29, 1.82) is 0 Å². The maximum absolute atomic E-state index is 5.34. The SMILES string of the molecule is C#CC(CC)NCc1ncnn1CC. The van der Waals surface area contributed by atoms with Gasteiger partial charge in [0.1, 0.15) is 12.2 Å². The summed E-state index contributed by atoms with van der Waals surface area (Å²) in [4.78, 5) is 4.15. The van der Waals surface area contributed by atoms with Crippen LogP contribution < -0.4 is 5.32 Å². The lowest BCUT2D eigenvalue weighted by Gasteiger charge is -2.09. The average molecular weight is 192 g/mol. The van der Waals surface area contributed by atoms with E-state index in [1.54, 1.807) is 6.33 Å². The monoisotopic (exact) mass is 192 g/mol. The third-order valence-corrected chi connectivity index (χ3v) is 2.11. The third kappa shape index (κ3) is 2.57. The molecule has 4 heteroatoms. The molecule has 1 unspecified atom stereocenters. The Hall–Kier alpha value is -1.34. The zero-order valence-electron chi connectivity index (χ0n) is 8.70. The minimum Gasteiger partial charge on any atom is -0.297 e. The lowest BCUT2D eigenvalue weighted by Crippen LogP contribution is -2.27. The normalized spacial score (nSPS) is 12.4. The number of hydrogen-bond donors (Lipinski definition) is 1. The van der Waals surface area contributed by atoms with Gasteiger partial charge >= 0.3 is 0 Å². The van der Waals surface area contributed by atoms with E-state index in [-0.39, 0.29) is 6.04 Å². The second kappa shape index (κ2) is 5.40. The molecular weight excluding hydrogens is 176 g/mol. The Morgan fingerprint density at radius 1 is 1.64 bits per heavy atom. The molecule has 0 saturated carbocycles. The van der Waals surface area contributed by atoms with Crippen LogP contribution in [0.2, 0.25) is 0 Å². The lowest BCUT2D eigenvalue weighted by molar-refractivity contribution is 0.536. The molecule has 0 spiro atoms. The highest BCUT2D eigenvalue weighted by molar-refractivity contribution is 4.99. The first-order valence-electron chi connectivity index (χ1n) is 4.88. The average Bonchev–Trinajstić information content (AvgIpc) is 2.67. The fourth-order valence-corrected chi connectivity index (χ4v) is 1.22. The van der Waals surface area contributed by atoms with Crippen LogP contribution in [-0.2, 0) is 13.1 Å². The van der Waals surface area contributed by atoms with Gasteiger partial charge in [-0.25, -0.2) is 9.67 Å². The Bertz CT molecular complexity index is 310. The highest BCUT2D eigenvalue weighted by Gasteiger charge is 2.05. The lowest BCUT2D eigenvalue weighted by atomic mass is 10.2. The van der Waals surface area contributed by atoms with Crippen LogP contribution >= 0.6 is 0 Å². The van der Waals surface area contributed by atoms with E-state index in [9.17, 15) is 0 Å². The fraction of sp³-hybridized carbons (Fsp3) is 0.600. The minimum absolute atomic E-state index is 0.122. The van der Waals surface area contributed by atoms with Gasteiger partial charge in [0.2, 0.25) is 0 Å². The van der Waals surface area contributed by atoms with Crippen molar-refractivity contribution in [2.24, 2.45) is 0 Å². The molecule has 0 amide bonds. The van der Waals surface area contributed by atoms with Gasteiger partial charge in [-0.15, -0.1) is 6.42 Å². The van der Waals surface area contributed by atoms with Crippen molar-refractivity contribution >= 4 is 0 Å². The molecule has 1 aromatic rings. The van der Waals surface area contributed by atoms with E-state index < -0.39 is 0 Å². The molecule has 0 fully saturated rings. The van der Waals surface area contributed by atoms with E-state index in [2.05, 4.69) is 28.2 Å². The maximum Gasteiger partial charge on any atom is 0.140 e. The summed E-state index contributed by atoms with van der Waals surface area (Å²) in [5.74, 6) is 3.61. The summed E-state index contributed by atoms with van der Waals surface area (Å²) in [6.45, 7) is 5.61. The van der Waals surface area contributed by atoms with Crippen LogP contribution in [0.4, 0.5) is 0 Å². The molecule has 0 aliphatic carbocycles. The summed E-state index contributed by atoms with van der Waals surface area (Å²) in [7, 11) is 0. The van der Waals surface area contributed by atoms with Gasteiger partial charge in [0, 0.05) is 6.54 Å². The Morgan fingerprint density at radius 3 is 3.00 bits per heavy atom. The predicted molar refractivity (Wildman–Crippen MR) is 55.4 cm³/mol. The third-order valence-electron chi connectivity index (χ3n) is 2.11. The molecule has 1 heterocycles. The van der Waals surface area contributed by atoms with Crippen molar-refractivity contribution < 1.29 is 0 Å². The quantitative estimate of drug-likeness (QED) is 0.702. The smallest absolute Gasteiger partial charge is 0.140 e. The number of rotatable bonds is 5. The van der Waals surface area contributed by atoms with Crippen LogP contribution in [0.15, 0.2) is 6.33 Å². The van der Waals surface area contributed by atoms with Gasteiger partial charge in [-0.3, -0.25) is 5.32 Å². The van der Waals surface area contributed by atoms with E-state index >= 15 is 0 Å². The highest BCUT2D eigenvalue weighted by atomic mass is 15.3. The van der Waals surface area contributed by atoms with Gasteiger partial charge < -0.3 is 0 Å². The van der Waals surface area contributed by atoms with E-state index in [1.807, 2.05) is 11.6 Å². The number of aryl methyl sites for hydroxylation is 1. The van der Waals surface area contributed by atoms with Crippen LogP contribution in [0.25, 0.3) is 0 Å². The maximum atomic E-state index is 5.34. The van der Waals surface area contributed by atoms with Crippen LogP contribution in [-0.4, -0.2) is 20.8 Å². The molecule has 0 aliphatic rings. The van der Waals surface area contributed by atoms with Crippen molar-refractivity contribution in [2.45, 2.75) is 39.4 Å². The Morgan fingerprint density at radius 2 is 2.43 bits per heavy atom. The second-order valence-corrected chi connectivity index (χ2v) is 3.00. The number of aromatic nitrogens is 3. The Labute approximate surface area is 84.7 Å². The number of nitrogens with zero attached hydrogens (tertiary/aromatic N) is 3.